The van der Waals surface area contributed by atoms with Gasteiger partial charge in [0.1, 0.15) is 11.5 Å². The van der Waals surface area contributed by atoms with E-state index in [2.05, 4.69) is 15.2 Å². The lowest BCUT2D eigenvalue weighted by Crippen LogP contribution is -2.02. The Morgan fingerprint density at radius 1 is 1.13 bits per heavy atom. The predicted molar refractivity (Wildman–Crippen MR) is 117 cm³/mol. The van der Waals surface area contributed by atoms with Crippen molar-refractivity contribution >= 4 is 33.4 Å². The van der Waals surface area contributed by atoms with Crippen molar-refractivity contribution in [3.05, 3.63) is 70.8 Å². The van der Waals surface area contributed by atoms with E-state index >= 15 is 0 Å². The molecule has 3 heterocycles. The van der Waals surface area contributed by atoms with Crippen molar-refractivity contribution < 1.29 is 9.26 Å². The van der Waals surface area contributed by atoms with Crippen LogP contribution in [0.15, 0.2) is 53.3 Å². The molecule has 0 N–H and O–H groups in total. The second kappa shape index (κ2) is 7.15. The third-order valence-corrected chi connectivity index (χ3v) is 5.54. The highest BCUT2D eigenvalue weighted by Gasteiger charge is 2.19. The van der Waals surface area contributed by atoms with Crippen LogP contribution in [-0.2, 0) is 6.54 Å². The Balaban J connectivity index is 1.73. The van der Waals surface area contributed by atoms with Gasteiger partial charge in [-0.3, -0.25) is 9.67 Å². The maximum absolute atomic E-state index is 6.16. The van der Waals surface area contributed by atoms with Crippen LogP contribution >= 0.6 is 11.6 Å². The van der Waals surface area contributed by atoms with Gasteiger partial charge in [-0.1, -0.05) is 28.9 Å². The Hall–Kier alpha value is -3.38. The summed E-state index contributed by atoms with van der Waals surface area (Å²) in [6.45, 7) is 4.43. The molecule has 0 amide bonds. The molecule has 0 aliphatic rings. The van der Waals surface area contributed by atoms with E-state index in [0.717, 1.165) is 55.7 Å². The van der Waals surface area contributed by atoms with Crippen molar-refractivity contribution in [2.24, 2.45) is 0 Å². The largest absolute Gasteiger partial charge is 0.496 e. The number of methoxy groups -OCH3 is 1. The number of aryl methyl sites for hydroxylation is 2. The minimum absolute atomic E-state index is 0.608. The molecule has 6 nitrogen and oxygen atoms in total. The fourth-order valence-corrected chi connectivity index (χ4v) is 4.17. The minimum atomic E-state index is 0.608. The number of halogens is 1. The average Bonchev–Trinajstić information content (AvgIpc) is 3.30. The molecule has 150 valence electrons. The minimum Gasteiger partial charge on any atom is -0.496 e. The van der Waals surface area contributed by atoms with E-state index in [1.54, 1.807) is 7.11 Å². The average molecular weight is 419 g/mol. The van der Waals surface area contributed by atoms with Crippen molar-refractivity contribution in [1.82, 2.24) is 19.9 Å². The summed E-state index contributed by atoms with van der Waals surface area (Å²) >= 11 is 6.16. The fourth-order valence-electron chi connectivity index (χ4n) is 3.95. The van der Waals surface area contributed by atoms with Crippen LogP contribution in [0.25, 0.3) is 32.9 Å². The van der Waals surface area contributed by atoms with Crippen molar-refractivity contribution in [2.75, 3.05) is 7.11 Å². The van der Waals surface area contributed by atoms with Crippen molar-refractivity contribution in [3.63, 3.8) is 0 Å². The number of rotatable bonds is 4. The molecular weight excluding hydrogens is 400 g/mol. The number of benzene rings is 2. The molecule has 0 fully saturated rings. The molecule has 3 aromatic heterocycles. The highest BCUT2D eigenvalue weighted by molar-refractivity contribution is 6.30. The zero-order valence-electron chi connectivity index (χ0n) is 16.8. The molecule has 0 aliphatic carbocycles. The molecule has 0 spiro atoms. The lowest BCUT2D eigenvalue weighted by atomic mass is 10.00. The van der Waals surface area contributed by atoms with E-state index in [-0.39, 0.29) is 0 Å². The van der Waals surface area contributed by atoms with E-state index in [1.807, 2.05) is 67.3 Å². The second-order valence-corrected chi connectivity index (χ2v) is 7.70. The summed E-state index contributed by atoms with van der Waals surface area (Å²) in [6.07, 6.45) is 3.68. The summed E-state index contributed by atoms with van der Waals surface area (Å²) in [5, 5.41) is 11.3. The third kappa shape index (κ3) is 3.00. The van der Waals surface area contributed by atoms with Crippen molar-refractivity contribution in [1.29, 1.82) is 0 Å². The van der Waals surface area contributed by atoms with Gasteiger partial charge in [-0.15, -0.1) is 0 Å². The summed E-state index contributed by atoms with van der Waals surface area (Å²) in [6, 6.07) is 11.8. The molecule has 0 saturated carbocycles. The maximum Gasteiger partial charge on any atom is 0.141 e. The molecule has 0 aliphatic heterocycles. The van der Waals surface area contributed by atoms with E-state index in [0.29, 0.717) is 11.6 Å². The zero-order valence-corrected chi connectivity index (χ0v) is 17.6. The van der Waals surface area contributed by atoms with Gasteiger partial charge < -0.3 is 9.26 Å². The second-order valence-electron chi connectivity index (χ2n) is 7.26. The Bertz CT molecular complexity index is 1380. The number of hydrogen-bond donors (Lipinski definition) is 0. The molecule has 0 atom stereocenters. The highest BCUT2D eigenvalue weighted by Crippen LogP contribution is 2.38. The van der Waals surface area contributed by atoms with Gasteiger partial charge in [0, 0.05) is 27.6 Å². The first-order valence-electron chi connectivity index (χ1n) is 9.55. The van der Waals surface area contributed by atoms with Crippen molar-refractivity contribution in [2.45, 2.75) is 20.4 Å². The van der Waals surface area contributed by atoms with Crippen LogP contribution in [0, 0.1) is 13.8 Å². The topological polar surface area (TPSA) is 66.0 Å². The van der Waals surface area contributed by atoms with Gasteiger partial charge in [0.2, 0.25) is 0 Å². The van der Waals surface area contributed by atoms with Gasteiger partial charge in [0.25, 0.3) is 0 Å². The van der Waals surface area contributed by atoms with Crippen LogP contribution in [-0.4, -0.2) is 27.0 Å². The maximum atomic E-state index is 6.16. The van der Waals surface area contributed by atoms with Crippen LogP contribution < -0.4 is 4.74 Å². The van der Waals surface area contributed by atoms with Gasteiger partial charge in [0.15, 0.2) is 0 Å². The van der Waals surface area contributed by atoms with Gasteiger partial charge >= 0.3 is 0 Å². The van der Waals surface area contributed by atoms with E-state index in [1.165, 1.54) is 0 Å². The van der Waals surface area contributed by atoms with Crippen LogP contribution in [0.4, 0.5) is 0 Å². The fraction of sp³-hybridized carbons (Fsp3) is 0.174. The molecule has 0 radical (unpaired) electrons. The molecule has 2 aromatic carbocycles. The van der Waals surface area contributed by atoms with Gasteiger partial charge in [-0.2, -0.15) is 5.10 Å². The standard InChI is InChI=1S/C23H19ClN4O2/c1-13-22(14(2)30-27-13)19-8-20-18(9-21(19)29-3)23-16(10-25-20)11-26-28(23)12-15-5-4-6-17(24)7-15/h4-11H,12H2,1-3H3. The number of aromatic nitrogens is 4. The van der Waals surface area contributed by atoms with Gasteiger partial charge in [-0.25, -0.2) is 0 Å². The van der Waals surface area contributed by atoms with Gasteiger partial charge in [0.05, 0.1) is 42.1 Å². The third-order valence-electron chi connectivity index (χ3n) is 5.31. The molecule has 5 aromatic rings. The van der Waals surface area contributed by atoms with Gasteiger partial charge in [-0.05, 0) is 43.7 Å². The first-order valence-corrected chi connectivity index (χ1v) is 9.93. The summed E-state index contributed by atoms with van der Waals surface area (Å²) in [4.78, 5) is 4.67. The molecule has 7 heteroatoms. The molecular formula is C23H19ClN4O2. The lowest BCUT2D eigenvalue weighted by molar-refractivity contribution is 0.393. The number of ether oxygens (including phenoxy) is 1. The Labute approximate surface area is 178 Å². The summed E-state index contributed by atoms with van der Waals surface area (Å²) in [5.74, 6) is 1.49. The highest BCUT2D eigenvalue weighted by atomic mass is 35.5. The number of hydrogen-bond acceptors (Lipinski definition) is 5. The molecule has 30 heavy (non-hydrogen) atoms. The Morgan fingerprint density at radius 2 is 2.00 bits per heavy atom. The molecule has 0 bridgehead atoms. The first-order chi connectivity index (χ1) is 14.5. The quantitative estimate of drug-likeness (QED) is 0.382. The summed E-state index contributed by atoms with van der Waals surface area (Å²) in [5.41, 5.74) is 5.60. The van der Waals surface area contributed by atoms with Crippen molar-refractivity contribution in [3.8, 4) is 16.9 Å². The van der Waals surface area contributed by atoms with Crippen LogP contribution in [0.5, 0.6) is 5.75 Å². The zero-order chi connectivity index (χ0) is 20.8. The number of nitrogens with zero attached hydrogens (tertiary/aromatic N) is 4. The van der Waals surface area contributed by atoms with E-state index < -0.39 is 0 Å². The lowest BCUT2D eigenvalue weighted by Gasteiger charge is -2.12. The molecule has 0 unspecified atom stereocenters. The number of pyridine rings is 1. The van der Waals surface area contributed by atoms with Crippen LogP contribution in [0.1, 0.15) is 17.0 Å². The smallest absolute Gasteiger partial charge is 0.141 e. The summed E-state index contributed by atoms with van der Waals surface area (Å²) in [7, 11) is 1.67. The first kappa shape index (κ1) is 18.6. The summed E-state index contributed by atoms with van der Waals surface area (Å²) < 4.78 is 13.1. The Morgan fingerprint density at radius 3 is 2.73 bits per heavy atom. The van der Waals surface area contributed by atoms with Crippen LogP contribution in [0.2, 0.25) is 5.02 Å². The number of fused-ring (bicyclic) bond motifs is 3. The molecule has 0 saturated heterocycles. The Kier molecular flexibility index (Phi) is 4.44. The monoisotopic (exact) mass is 418 g/mol. The van der Waals surface area contributed by atoms with Crippen LogP contribution in [0.3, 0.4) is 0 Å². The SMILES string of the molecule is COc1cc2c(cc1-c1c(C)noc1C)ncc1cnn(Cc3cccc(Cl)c3)c12. The molecule has 5 rings (SSSR count). The normalized spacial score (nSPS) is 11.5. The van der Waals surface area contributed by atoms with E-state index in [9.17, 15) is 0 Å². The van der Waals surface area contributed by atoms with E-state index in [4.69, 9.17) is 20.9 Å². The predicted octanol–water partition coefficient (Wildman–Crippen LogP) is 5.57.